The number of hydrogen-bond acceptors (Lipinski definition) is 3. The number of nitrogens with two attached hydrogens (primary N) is 1. The lowest BCUT2D eigenvalue weighted by molar-refractivity contribution is 0.414. The third kappa shape index (κ3) is 2.70. The smallest absolute Gasteiger partial charge is 0.120 e. The summed E-state index contributed by atoms with van der Waals surface area (Å²) in [6.07, 6.45) is 1.85. The van der Waals surface area contributed by atoms with Gasteiger partial charge in [-0.05, 0) is 18.2 Å². The van der Waals surface area contributed by atoms with Gasteiger partial charge in [0.15, 0.2) is 0 Å². The Morgan fingerprint density at radius 3 is 3.00 bits per heavy atom. The molecule has 0 aliphatic carbocycles. The van der Waals surface area contributed by atoms with Crippen LogP contribution in [-0.2, 0) is 0 Å². The van der Waals surface area contributed by atoms with Crippen LogP contribution in [-0.4, -0.2) is 12.9 Å². The van der Waals surface area contributed by atoms with Gasteiger partial charge in [0.25, 0.3) is 0 Å². The molecule has 70 valence electrons. The van der Waals surface area contributed by atoms with Gasteiger partial charge in [0.2, 0.25) is 0 Å². The van der Waals surface area contributed by atoms with Gasteiger partial charge in [0, 0.05) is 16.3 Å². The third-order valence-electron chi connectivity index (χ3n) is 1.58. The number of methoxy groups -OCH3 is 1. The van der Waals surface area contributed by atoms with Gasteiger partial charge in [-0.1, -0.05) is 6.08 Å². The van der Waals surface area contributed by atoms with Crippen LogP contribution >= 0.6 is 11.8 Å². The first-order chi connectivity index (χ1) is 6.27. The van der Waals surface area contributed by atoms with Crippen molar-refractivity contribution in [2.45, 2.75) is 4.90 Å². The highest BCUT2D eigenvalue weighted by molar-refractivity contribution is 7.99. The van der Waals surface area contributed by atoms with Crippen LogP contribution in [0.3, 0.4) is 0 Å². The lowest BCUT2D eigenvalue weighted by atomic mass is 10.3. The molecule has 1 aromatic carbocycles. The molecule has 0 amide bonds. The maximum absolute atomic E-state index is 5.77. The highest BCUT2D eigenvalue weighted by Crippen LogP contribution is 2.28. The molecular formula is C10H13NOS. The highest BCUT2D eigenvalue weighted by Gasteiger charge is 2.00. The molecule has 1 rings (SSSR count). The Morgan fingerprint density at radius 1 is 1.62 bits per heavy atom. The molecule has 0 aromatic heterocycles. The van der Waals surface area contributed by atoms with Gasteiger partial charge in [-0.3, -0.25) is 0 Å². The van der Waals surface area contributed by atoms with Crippen molar-refractivity contribution in [2.24, 2.45) is 0 Å². The predicted molar refractivity (Wildman–Crippen MR) is 58.3 cm³/mol. The number of anilines is 1. The molecule has 0 aliphatic heterocycles. The summed E-state index contributed by atoms with van der Waals surface area (Å²) < 4.78 is 5.10. The van der Waals surface area contributed by atoms with E-state index in [0.717, 1.165) is 22.1 Å². The fraction of sp³-hybridized carbons (Fsp3) is 0.200. The lowest BCUT2D eigenvalue weighted by Gasteiger charge is -2.06. The Kier molecular flexibility index (Phi) is 3.71. The molecule has 0 unspecified atom stereocenters. The molecule has 0 heterocycles. The Bertz CT molecular complexity index is 299. The van der Waals surface area contributed by atoms with E-state index in [9.17, 15) is 0 Å². The second-order valence-electron chi connectivity index (χ2n) is 2.50. The molecule has 0 aliphatic rings. The number of benzene rings is 1. The Hall–Kier alpha value is -1.09. The second kappa shape index (κ2) is 4.82. The predicted octanol–water partition coefficient (Wildman–Crippen LogP) is 2.56. The maximum Gasteiger partial charge on any atom is 0.120 e. The number of hydrogen-bond donors (Lipinski definition) is 1. The minimum Gasteiger partial charge on any atom is -0.497 e. The van der Waals surface area contributed by atoms with Gasteiger partial charge >= 0.3 is 0 Å². The van der Waals surface area contributed by atoms with Crippen LogP contribution in [0.5, 0.6) is 5.75 Å². The van der Waals surface area contributed by atoms with Crippen LogP contribution in [0.2, 0.25) is 0 Å². The molecule has 0 saturated heterocycles. The van der Waals surface area contributed by atoms with E-state index < -0.39 is 0 Å². The minimum atomic E-state index is 0.785. The van der Waals surface area contributed by atoms with E-state index in [-0.39, 0.29) is 0 Å². The summed E-state index contributed by atoms with van der Waals surface area (Å²) >= 11 is 1.65. The van der Waals surface area contributed by atoms with Crippen molar-refractivity contribution in [1.29, 1.82) is 0 Å². The molecular weight excluding hydrogens is 182 g/mol. The molecule has 0 radical (unpaired) electrons. The normalized spacial score (nSPS) is 9.62. The van der Waals surface area contributed by atoms with Gasteiger partial charge in [-0.2, -0.15) is 0 Å². The Morgan fingerprint density at radius 2 is 2.38 bits per heavy atom. The largest absolute Gasteiger partial charge is 0.497 e. The van der Waals surface area contributed by atoms with E-state index >= 15 is 0 Å². The summed E-state index contributed by atoms with van der Waals surface area (Å²) in [5, 5.41) is 0. The zero-order valence-corrected chi connectivity index (χ0v) is 8.43. The van der Waals surface area contributed by atoms with Crippen molar-refractivity contribution in [3.05, 3.63) is 30.9 Å². The zero-order chi connectivity index (χ0) is 9.68. The fourth-order valence-electron chi connectivity index (χ4n) is 0.915. The van der Waals surface area contributed by atoms with Crippen molar-refractivity contribution in [2.75, 3.05) is 18.6 Å². The van der Waals surface area contributed by atoms with Crippen LogP contribution in [0, 0.1) is 0 Å². The Balaban J connectivity index is 2.83. The molecule has 0 fully saturated rings. The topological polar surface area (TPSA) is 35.2 Å². The van der Waals surface area contributed by atoms with Crippen molar-refractivity contribution >= 4 is 17.4 Å². The summed E-state index contributed by atoms with van der Waals surface area (Å²) in [5.74, 6) is 1.69. The monoisotopic (exact) mass is 195 g/mol. The van der Waals surface area contributed by atoms with Crippen molar-refractivity contribution in [3.8, 4) is 5.75 Å². The van der Waals surface area contributed by atoms with Crippen molar-refractivity contribution in [3.63, 3.8) is 0 Å². The summed E-state index contributed by atoms with van der Waals surface area (Å²) in [4.78, 5) is 1.04. The van der Waals surface area contributed by atoms with Gasteiger partial charge < -0.3 is 10.5 Å². The van der Waals surface area contributed by atoms with Gasteiger partial charge in [0.1, 0.15) is 5.75 Å². The fourth-order valence-corrected chi connectivity index (χ4v) is 1.65. The molecule has 0 bridgehead atoms. The van der Waals surface area contributed by atoms with E-state index in [1.54, 1.807) is 18.9 Å². The van der Waals surface area contributed by atoms with E-state index in [2.05, 4.69) is 6.58 Å². The van der Waals surface area contributed by atoms with Crippen LogP contribution < -0.4 is 10.5 Å². The first kappa shape index (κ1) is 9.99. The molecule has 3 heteroatoms. The second-order valence-corrected chi connectivity index (χ2v) is 3.57. The standard InChI is InChI=1S/C10H13NOS/c1-3-6-13-10-7-8(12-2)4-5-9(10)11/h3-5,7H,1,6,11H2,2H3. The van der Waals surface area contributed by atoms with Crippen LogP contribution in [0.25, 0.3) is 0 Å². The summed E-state index contributed by atoms with van der Waals surface area (Å²) in [7, 11) is 1.65. The van der Waals surface area contributed by atoms with Crippen LogP contribution in [0.15, 0.2) is 35.7 Å². The molecule has 1 aromatic rings. The SMILES string of the molecule is C=CCSc1cc(OC)ccc1N. The maximum atomic E-state index is 5.77. The first-order valence-corrected chi connectivity index (χ1v) is 4.93. The van der Waals surface area contributed by atoms with Crippen LogP contribution in [0.1, 0.15) is 0 Å². The lowest BCUT2D eigenvalue weighted by Crippen LogP contribution is -1.90. The molecule has 0 saturated carbocycles. The quantitative estimate of drug-likeness (QED) is 0.455. The summed E-state index contributed by atoms with van der Waals surface area (Å²) in [6, 6.07) is 5.64. The van der Waals surface area contributed by atoms with E-state index in [0.29, 0.717) is 0 Å². The number of ether oxygens (including phenoxy) is 1. The molecule has 2 N–H and O–H groups in total. The molecule has 2 nitrogen and oxygen atoms in total. The number of nitrogen functional groups attached to an aromatic ring is 1. The van der Waals surface area contributed by atoms with Crippen molar-refractivity contribution in [1.82, 2.24) is 0 Å². The highest BCUT2D eigenvalue weighted by atomic mass is 32.2. The van der Waals surface area contributed by atoms with Gasteiger partial charge in [-0.25, -0.2) is 0 Å². The average molecular weight is 195 g/mol. The number of thioether (sulfide) groups is 1. The molecule has 13 heavy (non-hydrogen) atoms. The van der Waals surface area contributed by atoms with E-state index in [1.165, 1.54) is 0 Å². The average Bonchev–Trinajstić information content (AvgIpc) is 2.17. The van der Waals surface area contributed by atoms with Gasteiger partial charge in [-0.15, -0.1) is 18.3 Å². The van der Waals surface area contributed by atoms with E-state index in [4.69, 9.17) is 10.5 Å². The zero-order valence-electron chi connectivity index (χ0n) is 7.62. The van der Waals surface area contributed by atoms with Crippen LogP contribution in [0.4, 0.5) is 5.69 Å². The molecule has 0 atom stereocenters. The summed E-state index contributed by atoms with van der Waals surface area (Å²) in [5.41, 5.74) is 6.56. The first-order valence-electron chi connectivity index (χ1n) is 3.95. The minimum absolute atomic E-state index is 0.785. The van der Waals surface area contributed by atoms with Gasteiger partial charge in [0.05, 0.1) is 7.11 Å². The summed E-state index contributed by atoms with van der Waals surface area (Å²) in [6.45, 7) is 3.66. The Labute approximate surface area is 82.8 Å². The third-order valence-corrected chi connectivity index (χ3v) is 2.64. The van der Waals surface area contributed by atoms with Crippen molar-refractivity contribution < 1.29 is 4.74 Å². The van der Waals surface area contributed by atoms with E-state index in [1.807, 2.05) is 24.3 Å². The molecule has 0 spiro atoms. The number of rotatable bonds is 4.